The zero-order valence-corrected chi connectivity index (χ0v) is 17.8. The van der Waals surface area contributed by atoms with E-state index in [4.69, 9.17) is 23.7 Å². The van der Waals surface area contributed by atoms with Gasteiger partial charge in [-0.2, -0.15) is 0 Å². The van der Waals surface area contributed by atoms with Crippen LogP contribution < -0.4 is 0 Å². The molecule has 0 aliphatic carbocycles. The molecule has 3 aliphatic rings. The number of ketones is 1. The maximum absolute atomic E-state index is 11.5. The normalized spacial score (nSPS) is 42.6. The van der Waals surface area contributed by atoms with Crippen LogP contribution in [0, 0.1) is 0 Å². The Kier molecular flexibility index (Phi) is 6.75. The van der Waals surface area contributed by atoms with Gasteiger partial charge in [-0.05, 0) is 13.0 Å². The van der Waals surface area contributed by atoms with Gasteiger partial charge >= 0.3 is 130 Å². The minimum Gasteiger partial charge on any atom is -0.292 e. The van der Waals surface area contributed by atoms with E-state index in [0.29, 0.717) is 0 Å². The first-order chi connectivity index (χ1) is 11.9. The number of ether oxygens (including phenoxy) is 5. The molecule has 140 valence electrons. The molecule has 0 unspecified atom stereocenters. The summed E-state index contributed by atoms with van der Waals surface area (Å²) >= 11 is 1.40. The van der Waals surface area contributed by atoms with Crippen LogP contribution in [-0.4, -0.2) is 53.0 Å². The van der Waals surface area contributed by atoms with Crippen molar-refractivity contribution in [2.45, 2.75) is 89.6 Å². The zero-order chi connectivity index (χ0) is 18.0. The summed E-state index contributed by atoms with van der Waals surface area (Å²) in [6.07, 6.45) is 5.58. The number of carbonyl (C=O) groups excluding carboxylic acids is 1. The van der Waals surface area contributed by atoms with Crippen LogP contribution in [0.3, 0.4) is 0 Å². The van der Waals surface area contributed by atoms with Gasteiger partial charge in [-0.25, -0.2) is 0 Å². The second-order valence-corrected chi connectivity index (χ2v) is 8.47. The van der Waals surface area contributed by atoms with Gasteiger partial charge in [-0.15, -0.1) is 0 Å². The van der Waals surface area contributed by atoms with Gasteiger partial charge in [0.05, 0.1) is 0 Å². The van der Waals surface area contributed by atoms with E-state index in [1.807, 2.05) is 6.92 Å². The average molecular weight is 522 g/mol. The molecular weight excluding hydrogens is 496 g/mol. The summed E-state index contributed by atoms with van der Waals surface area (Å²) < 4.78 is 30.6. The predicted molar refractivity (Wildman–Crippen MR) is 86.6 cm³/mol. The van der Waals surface area contributed by atoms with E-state index in [2.05, 4.69) is 6.92 Å². The molecule has 0 spiro atoms. The van der Waals surface area contributed by atoms with E-state index in [1.165, 1.54) is 25.4 Å². The molecule has 0 radical (unpaired) electrons. The zero-order valence-electron chi connectivity index (χ0n) is 14.9. The van der Waals surface area contributed by atoms with Gasteiger partial charge < -0.3 is 0 Å². The van der Waals surface area contributed by atoms with Gasteiger partial charge in [0.25, 0.3) is 0 Å². The van der Waals surface area contributed by atoms with Gasteiger partial charge in [0.1, 0.15) is 6.10 Å². The molecule has 0 aromatic carbocycles. The summed E-state index contributed by atoms with van der Waals surface area (Å²) in [6.45, 7) is 5.78. The molecule has 3 rings (SSSR count). The van der Waals surface area contributed by atoms with Crippen molar-refractivity contribution in [2.75, 3.05) is 0 Å². The van der Waals surface area contributed by atoms with Crippen molar-refractivity contribution in [3.05, 3.63) is 12.2 Å². The summed E-state index contributed by atoms with van der Waals surface area (Å²) in [4.78, 5) is 11.5. The van der Waals surface area contributed by atoms with Crippen LogP contribution in [0.1, 0.15) is 46.5 Å². The predicted octanol–water partition coefficient (Wildman–Crippen LogP) is 2.03. The molecule has 3 heterocycles. The third-order valence-electron chi connectivity index (χ3n) is 4.84. The Morgan fingerprint density at radius 2 is 1.80 bits per heavy atom. The van der Waals surface area contributed by atoms with Crippen LogP contribution in [0.15, 0.2) is 12.2 Å². The van der Waals surface area contributed by atoms with E-state index in [1.54, 1.807) is 13.0 Å². The smallest absolute Gasteiger partial charge is 0.292 e. The molecule has 6 nitrogen and oxygen atoms in total. The van der Waals surface area contributed by atoms with E-state index in [9.17, 15) is 4.79 Å². The second-order valence-electron chi connectivity index (χ2n) is 6.84. The van der Waals surface area contributed by atoms with Crippen molar-refractivity contribution in [2.24, 2.45) is 0 Å². The molecule has 7 atom stereocenters. The topological polar surface area (TPSA) is 63.2 Å². The monoisotopic (exact) mass is 522 g/mol. The Morgan fingerprint density at radius 3 is 2.48 bits per heavy atom. The van der Waals surface area contributed by atoms with Crippen LogP contribution in [-0.2, 0) is 47.8 Å². The van der Waals surface area contributed by atoms with Gasteiger partial charge in [0.2, 0.25) is 0 Å². The van der Waals surface area contributed by atoms with E-state index < -0.39 is 12.4 Å². The number of rotatable bonds is 4. The van der Waals surface area contributed by atoms with Crippen LogP contribution in [0.25, 0.3) is 0 Å². The molecule has 0 aromatic rings. The van der Waals surface area contributed by atoms with Crippen LogP contribution in [0.2, 0.25) is 0 Å². The van der Waals surface area contributed by atoms with Crippen molar-refractivity contribution in [1.29, 1.82) is 0 Å². The summed E-state index contributed by atoms with van der Waals surface area (Å²) in [6, 6.07) is 0. The Labute approximate surface area is 159 Å². The molecule has 0 N–H and O–H groups in total. The van der Waals surface area contributed by atoms with Crippen molar-refractivity contribution >= 4 is 9.87 Å². The Balaban J connectivity index is 1.47. The molecule has 0 bridgehead atoms. The van der Waals surface area contributed by atoms with E-state index >= 15 is 0 Å². The molecular formula is C18H26O6W. The molecule has 7 heteroatoms. The van der Waals surface area contributed by atoms with Gasteiger partial charge in [0.15, 0.2) is 5.78 Å². The van der Waals surface area contributed by atoms with Crippen LogP contribution in [0.5, 0.6) is 0 Å². The summed E-state index contributed by atoms with van der Waals surface area (Å²) in [5.74, 6) is -0.0286. The van der Waals surface area contributed by atoms with Crippen molar-refractivity contribution in [3.8, 4) is 0 Å². The fourth-order valence-corrected chi connectivity index (χ4v) is 4.26. The summed E-state index contributed by atoms with van der Waals surface area (Å²) in [5.41, 5.74) is 0. The molecule has 3 aliphatic heterocycles. The Hall–Kier alpha value is -0.232. The first kappa shape index (κ1) is 19.5. The standard InChI is InChI=1S/C18H26O6.W/c1-11-14(19)6-8-17(21-11)24-16-7-9-18(22-13(16)3)23-15-5-4-10-20-12(15)2;/h6,8,11-13,15-18H,4-5,7,9H2,1-3H3;/t11-,12-,13-,15-,16-,17-,18-;/m0./s1. The van der Waals surface area contributed by atoms with Crippen molar-refractivity contribution in [3.63, 3.8) is 0 Å². The number of hydrogen-bond acceptors (Lipinski definition) is 6. The third kappa shape index (κ3) is 5.15. The first-order valence-corrected chi connectivity index (χ1v) is 10.4. The molecule has 0 aromatic heterocycles. The molecule has 2 fully saturated rings. The maximum atomic E-state index is 11.5. The minimum atomic E-state index is -0.492. The molecule has 2 saturated heterocycles. The van der Waals surface area contributed by atoms with Gasteiger partial charge in [0, 0.05) is 0 Å². The Bertz CT molecular complexity index is 536. The SMILES string of the molecule is C[C@@H]1O[C@@H](O[C@H]2CC[C@H](O[C@H]3CC[C](=[W])O[C@H]3C)O[C@H]2C)C=CC1=O. The average Bonchev–Trinajstić information content (AvgIpc) is 2.56. The van der Waals surface area contributed by atoms with Crippen molar-refractivity contribution in [1.82, 2.24) is 0 Å². The van der Waals surface area contributed by atoms with Gasteiger partial charge in [-0.3, -0.25) is 4.79 Å². The Morgan fingerprint density at radius 1 is 1.04 bits per heavy atom. The first-order valence-electron chi connectivity index (χ1n) is 8.95. The summed E-state index contributed by atoms with van der Waals surface area (Å²) in [7, 11) is 0. The number of carbonyl (C=O) groups is 1. The molecule has 25 heavy (non-hydrogen) atoms. The fraction of sp³-hybridized carbons (Fsp3) is 0.778. The van der Waals surface area contributed by atoms with Crippen LogP contribution in [0.4, 0.5) is 0 Å². The van der Waals surface area contributed by atoms with E-state index in [0.717, 1.165) is 29.8 Å². The van der Waals surface area contributed by atoms with Gasteiger partial charge in [-0.1, -0.05) is 0 Å². The van der Waals surface area contributed by atoms with Crippen LogP contribution >= 0.6 is 0 Å². The molecule has 0 saturated carbocycles. The fourth-order valence-electron chi connectivity index (χ4n) is 3.29. The molecule has 0 amide bonds. The third-order valence-corrected chi connectivity index (χ3v) is 5.92. The van der Waals surface area contributed by atoms with Crippen molar-refractivity contribution < 1.29 is 47.8 Å². The second kappa shape index (κ2) is 8.64. The minimum absolute atomic E-state index is 0.0286. The quantitative estimate of drug-likeness (QED) is 0.564. The summed E-state index contributed by atoms with van der Waals surface area (Å²) in [5, 5.41) is 0. The number of hydrogen-bond donors (Lipinski definition) is 0. The van der Waals surface area contributed by atoms with E-state index in [-0.39, 0.29) is 36.5 Å².